The van der Waals surface area contributed by atoms with Crippen LogP contribution < -0.4 is 10.6 Å². The molecule has 0 saturated carbocycles. The van der Waals surface area contributed by atoms with Crippen molar-refractivity contribution in [3.8, 4) is 0 Å². The Hall–Kier alpha value is -0.880. The summed E-state index contributed by atoms with van der Waals surface area (Å²) in [5.41, 5.74) is 1.07. The van der Waals surface area contributed by atoms with Crippen LogP contribution in [0.2, 0.25) is 5.02 Å². The number of guanidine groups is 1. The van der Waals surface area contributed by atoms with E-state index in [4.69, 9.17) is 11.6 Å². The highest BCUT2D eigenvalue weighted by atomic mass is 127. The minimum atomic E-state index is -3.38. The van der Waals surface area contributed by atoms with Crippen molar-refractivity contribution in [2.24, 2.45) is 4.99 Å². The number of nitrogens with zero attached hydrogens (tertiary/aromatic N) is 2. The van der Waals surface area contributed by atoms with Crippen LogP contribution in [0, 0.1) is 0 Å². The molecule has 2 aromatic rings. The van der Waals surface area contributed by atoms with Crippen LogP contribution >= 0.6 is 46.9 Å². The highest BCUT2D eigenvalue weighted by molar-refractivity contribution is 14.0. The van der Waals surface area contributed by atoms with Gasteiger partial charge >= 0.3 is 0 Å². The van der Waals surface area contributed by atoms with Crippen molar-refractivity contribution in [2.45, 2.75) is 31.0 Å². The zero-order valence-electron chi connectivity index (χ0n) is 16.8. The molecule has 2 N–H and O–H groups in total. The van der Waals surface area contributed by atoms with Gasteiger partial charge in [-0.05, 0) is 36.2 Å². The molecule has 0 amide bonds. The number of hydrogen-bond donors (Lipinski definition) is 2. The maximum absolute atomic E-state index is 12.6. The topological polar surface area (TPSA) is 73.8 Å². The van der Waals surface area contributed by atoms with Crippen molar-refractivity contribution in [3.05, 3.63) is 51.9 Å². The predicted molar refractivity (Wildman–Crippen MR) is 133 cm³/mol. The second kappa shape index (κ2) is 12.7. The zero-order valence-corrected chi connectivity index (χ0v) is 21.5. The summed E-state index contributed by atoms with van der Waals surface area (Å²) in [5, 5.41) is 7.19. The SMILES string of the molecule is CCN(CC)S(=O)(=O)c1ccc(CCNC(=NC)NCc2cccc(Cl)c2)s1.I. The minimum Gasteiger partial charge on any atom is -0.356 e. The van der Waals surface area contributed by atoms with Crippen molar-refractivity contribution in [1.29, 1.82) is 0 Å². The van der Waals surface area contributed by atoms with Gasteiger partial charge in [0.15, 0.2) is 5.96 Å². The van der Waals surface area contributed by atoms with Crippen LogP contribution in [-0.4, -0.2) is 45.4 Å². The van der Waals surface area contributed by atoms with Crippen molar-refractivity contribution in [2.75, 3.05) is 26.7 Å². The van der Waals surface area contributed by atoms with Gasteiger partial charge in [-0.1, -0.05) is 37.6 Å². The number of rotatable bonds is 9. The second-order valence-electron chi connectivity index (χ2n) is 6.04. The van der Waals surface area contributed by atoms with Gasteiger partial charge in [-0.3, -0.25) is 4.99 Å². The molecule has 1 aromatic heterocycles. The van der Waals surface area contributed by atoms with E-state index in [-0.39, 0.29) is 24.0 Å². The lowest BCUT2D eigenvalue weighted by molar-refractivity contribution is 0.447. The molecular formula is C19H28ClIN4O2S2. The summed E-state index contributed by atoms with van der Waals surface area (Å²) >= 11 is 7.32. The Bertz CT molecular complexity index is 899. The van der Waals surface area contributed by atoms with Crippen molar-refractivity contribution >= 4 is 62.9 Å². The van der Waals surface area contributed by atoms with Crippen LogP contribution in [0.25, 0.3) is 0 Å². The average molecular weight is 571 g/mol. The van der Waals surface area contributed by atoms with E-state index < -0.39 is 10.0 Å². The molecule has 0 aliphatic heterocycles. The molecule has 0 saturated heterocycles. The van der Waals surface area contributed by atoms with E-state index in [1.54, 1.807) is 13.1 Å². The third-order valence-electron chi connectivity index (χ3n) is 4.17. The number of benzene rings is 1. The number of hydrogen-bond acceptors (Lipinski definition) is 4. The Kier molecular flexibility index (Phi) is 11.5. The largest absolute Gasteiger partial charge is 0.356 e. The molecular weight excluding hydrogens is 543 g/mol. The summed E-state index contributed by atoms with van der Waals surface area (Å²) in [6.45, 7) is 5.92. The predicted octanol–water partition coefficient (Wildman–Crippen LogP) is 3.96. The van der Waals surface area contributed by atoms with E-state index >= 15 is 0 Å². The first kappa shape index (κ1) is 26.2. The van der Waals surface area contributed by atoms with E-state index in [9.17, 15) is 8.42 Å². The van der Waals surface area contributed by atoms with Crippen molar-refractivity contribution in [1.82, 2.24) is 14.9 Å². The van der Waals surface area contributed by atoms with Gasteiger partial charge in [-0.25, -0.2) is 8.42 Å². The molecule has 0 aliphatic carbocycles. The van der Waals surface area contributed by atoms with Gasteiger partial charge in [-0.15, -0.1) is 35.3 Å². The first-order chi connectivity index (χ1) is 13.4. The molecule has 2 rings (SSSR count). The summed E-state index contributed by atoms with van der Waals surface area (Å²) in [5.74, 6) is 0.688. The first-order valence-electron chi connectivity index (χ1n) is 9.18. The maximum atomic E-state index is 12.6. The Balaban J connectivity index is 0.00000420. The summed E-state index contributed by atoms with van der Waals surface area (Å²) in [7, 11) is -1.67. The lowest BCUT2D eigenvalue weighted by atomic mass is 10.2. The molecule has 0 aliphatic rings. The molecule has 0 spiro atoms. The number of sulfonamides is 1. The van der Waals surface area contributed by atoms with Crippen molar-refractivity contribution < 1.29 is 8.42 Å². The van der Waals surface area contributed by atoms with Crippen LogP contribution in [0.5, 0.6) is 0 Å². The van der Waals surface area contributed by atoms with Gasteiger partial charge in [0.25, 0.3) is 10.0 Å². The molecule has 0 radical (unpaired) electrons. The normalized spacial score (nSPS) is 12.0. The number of thiophene rings is 1. The summed E-state index contributed by atoms with van der Waals surface area (Å²) in [6.07, 6.45) is 0.719. The third-order valence-corrected chi connectivity index (χ3v) is 8.07. The standard InChI is InChI=1S/C19H27ClN4O2S2.HI/c1-4-24(5-2)28(25,26)18-10-9-17(27-18)11-12-22-19(21-3)23-14-15-7-6-8-16(20)13-15;/h6-10,13H,4-5,11-12,14H2,1-3H3,(H2,21,22,23);1H. The molecule has 0 atom stereocenters. The molecule has 29 heavy (non-hydrogen) atoms. The highest BCUT2D eigenvalue weighted by Gasteiger charge is 2.23. The van der Waals surface area contributed by atoms with Crippen LogP contribution in [0.15, 0.2) is 45.6 Å². The average Bonchev–Trinajstić information content (AvgIpc) is 3.15. The van der Waals surface area contributed by atoms with Crippen LogP contribution in [0.4, 0.5) is 0 Å². The highest BCUT2D eigenvalue weighted by Crippen LogP contribution is 2.25. The smallest absolute Gasteiger partial charge is 0.252 e. The second-order valence-corrected chi connectivity index (χ2v) is 9.81. The van der Waals surface area contributed by atoms with Gasteiger partial charge in [0.1, 0.15) is 4.21 Å². The molecule has 0 fully saturated rings. The first-order valence-corrected chi connectivity index (χ1v) is 11.8. The van der Waals surface area contributed by atoms with E-state index in [1.807, 2.05) is 44.2 Å². The fourth-order valence-electron chi connectivity index (χ4n) is 2.68. The summed E-state index contributed by atoms with van der Waals surface area (Å²) < 4.78 is 27.0. The van der Waals surface area contributed by atoms with E-state index in [0.29, 0.717) is 41.4 Å². The summed E-state index contributed by atoms with van der Waals surface area (Å²) in [6, 6.07) is 11.2. The number of halogens is 2. The monoisotopic (exact) mass is 570 g/mol. The van der Waals surface area contributed by atoms with E-state index in [1.165, 1.54) is 15.6 Å². The van der Waals surface area contributed by atoms with Crippen LogP contribution in [0.1, 0.15) is 24.3 Å². The van der Waals surface area contributed by atoms with Crippen LogP contribution in [-0.2, 0) is 23.0 Å². The third kappa shape index (κ3) is 7.71. The Labute approximate surface area is 199 Å². The lowest BCUT2D eigenvalue weighted by Gasteiger charge is -2.16. The maximum Gasteiger partial charge on any atom is 0.252 e. The molecule has 6 nitrogen and oxygen atoms in total. The van der Waals surface area contributed by atoms with Crippen molar-refractivity contribution in [3.63, 3.8) is 0 Å². The zero-order chi connectivity index (χ0) is 20.6. The van der Waals surface area contributed by atoms with Gasteiger partial charge in [0.05, 0.1) is 0 Å². The number of nitrogens with one attached hydrogen (secondary N) is 2. The molecule has 162 valence electrons. The minimum absolute atomic E-state index is 0. The fourth-order valence-corrected chi connectivity index (χ4v) is 5.86. The Morgan fingerprint density at radius 3 is 2.52 bits per heavy atom. The molecule has 0 unspecified atom stereocenters. The van der Waals surface area contributed by atoms with Gasteiger partial charge < -0.3 is 10.6 Å². The van der Waals surface area contributed by atoms with Gasteiger partial charge in [0.2, 0.25) is 0 Å². The molecule has 1 aromatic carbocycles. The van der Waals surface area contributed by atoms with E-state index in [2.05, 4.69) is 15.6 Å². The Morgan fingerprint density at radius 1 is 1.17 bits per heavy atom. The van der Waals surface area contributed by atoms with Crippen LogP contribution in [0.3, 0.4) is 0 Å². The fraction of sp³-hybridized carbons (Fsp3) is 0.421. The molecule has 1 heterocycles. The molecule has 10 heteroatoms. The van der Waals surface area contributed by atoms with Gasteiger partial charge in [-0.2, -0.15) is 4.31 Å². The summed E-state index contributed by atoms with van der Waals surface area (Å²) in [4.78, 5) is 5.23. The Morgan fingerprint density at radius 2 is 1.90 bits per heavy atom. The van der Waals surface area contributed by atoms with E-state index in [0.717, 1.165) is 16.9 Å². The number of aliphatic imine (C=N–C) groups is 1. The quantitative estimate of drug-likeness (QED) is 0.272. The van der Waals surface area contributed by atoms with Gasteiger partial charge in [0, 0.05) is 43.1 Å². The lowest BCUT2D eigenvalue weighted by Crippen LogP contribution is -2.37. The molecule has 0 bridgehead atoms.